The molecule has 1 N–H and O–H groups in total. The lowest BCUT2D eigenvalue weighted by Gasteiger charge is -2.17. The van der Waals surface area contributed by atoms with Gasteiger partial charge in [0.2, 0.25) is 0 Å². The third-order valence-corrected chi connectivity index (χ3v) is 4.76. The standard InChI is InChI=1S/C24H38O3/c1-7-18(3)12-10-9-11-13-19(4)16-20(5)23(26)17-24(27)22(8-2)15-14-21(6)25/h9-13,15,19-20,24,27H,7-8,14,16-17H2,1-6H3/b10-9+,13-11+,18-12+,22-15+. The van der Waals surface area contributed by atoms with Crippen molar-refractivity contribution in [1.29, 1.82) is 0 Å². The molecule has 0 heterocycles. The maximum absolute atomic E-state index is 12.4. The lowest BCUT2D eigenvalue weighted by molar-refractivity contribution is -0.124. The Morgan fingerprint density at radius 2 is 1.67 bits per heavy atom. The molecule has 0 aromatic heterocycles. The van der Waals surface area contributed by atoms with Gasteiger partial charge in [-0.1, -0.05) is 69.7 Å². The quantitative estimate of drug-likeness (QED) is 0.330. The van der Waals surface area contributed by atoms with Gasteiger partial charge in [0.1, 0.15) is 11.6 Å². The first kappa shape index (κ1) is 25.3. The van der Waals surface area contributed by atoms with Crippen LogP contribution in [0.3, 0.4) is 0 Å². The number of hydrogen-bond acceptors (Lipinski definition) is 3. The van der Waals surface area contributed by atoms with Gasteiger partial charge < -0.3 is 5.11 Å². The third kappa shape index (κ3) is 12.3. The lowest BCUT2D eigenvalue weighted by atomic mass is 9.89. The minimum Gasteiger partial charge on any atom is -0.388 e. The highest BCUT2D eigenvalue weighted by atomic mass is 16.3. The molecule has 0 fully saturated rings. The predicted molar refractivity (Wildman–Crippen MR) is 115 cm³/mol. The van der Waals surface area contributed by atoms with E-state index in [2.05, 4.69) is 32.9 Å². The minimum atomic E-state index is -0.785. The molecule has 3 unspecified atom stereocenters. The number of hydrogen-bond donors (Lipinski definition) is 1. The molecule has 0 aliphatic rings. The number of carbonyl (C=O) groups is 2. The molecule has 0 radical (unpaired) electrons. The fourth-order valence-corrected chi connectivity index (χ4v) is 2.74. The molecule has 152 valence electrons. The van der Waals surface area contributed by atoms with Crippen LogP contribution < -0.4 is 0 Å². The Labute approximate surface area is 165 Å². The molecule has 0 amide bonds. The van der Waals surface area contributed by atoms with Crippen molar-refractivity contribution >= 4 is 11.6 Å². The van der Waals surface area contributed by atoms with Crippen molar-refractivity contribution in [3.8, 4) is 0 Å². The molecule has 0 spiro atoms. The minimum absolute atomic E-state index is 0.0582. The fraction of sp³-hybridized carbons (Fsp3) is 0.583. The highest BCUT2D eigenvalue weighted by molar-refractivity contribution is 5.81. The first-order valence-corrected chi connectivity index (χ1v) is 10.1. The van der Waals surface area contributed by atoms with Gasteiger partial charge in [0.15, 0.2) is 0 Å². The monoisotopic (exact) mass is 374 g/mol. The van der Waals surface area contributed by atoms with Gasteiger partial charge in [-0.15, -0.1) is 0 Å². The van der Waals surface area contributed by atoms with Crippen LogP contribution in [0.25, 0.3) is 0 Å². The van der Waals surface area contributed by atoms with Crippen LogP contribution in [0.15, 0.2) is 47.6 Å². The SMILES string of the molecule is CC/C(C)=C/C=C/C=C/C(C)CC(C)C(=O)CC(O)/C(=C/CC(C)=O)CC. The first-order valence-electron chi connectivity index (χ1n) is 10.1. The van der Waals surface area contributed by atoms with Crippen LogP contribution in [0.5, 0.6) is 0 Å². The number of rotatable bonds is 13. The number of Topliss-reactive ketones (excluding diaryl/α,β-unsaturated/α-hetero) is 2. The topological polar surface area (TPSA) is 54.4 Å². The summed E-state index contributed by atoms with van der Waals surface area (Å²) in [6.07, 6.45) is 14.2. The van der Waals surface area contributed by atoms with E-state index in [0.29, 0.717) is 18.8 Å². The van der Waals surface area contributed by atoms with Crippen molar-refractivity contribution in [3.63, 3.8) is 0 Å². The maximum Gasteiger partial charge on any atom is 0.138 e. The van der Waals surface area contributed by atoms with Crippen LogP contribution in [0.4, 0.5) is 0 Å². The molecule has 0 saturated heterocycles. The second-order valence-electron chi connectivity index (χ2n) is 7.48. The van der Waals surface area contributed by atoms with Crippen LogP contribution in [-0.4, -0.2) is 22.8 Å². The van der Waals surface area contributed by atoms with Crippen LogP contribution in [0.1, 0.15) is 73.6 Å². The zero-order valence-electron chi connectivity index (χ0n) is 18.0. The molecule has 3 atom stereocenters. The molecule has 0 saturated carbocycles. The number of ketones is 2. The first-order chi connectivity index (χ1) is 12.7. The molecular formula is C24H38O3. The van der Waals surface area contributed by atoms with Crippen LogP contribution >= 0.6 is 0 Å². The van der Waals surface area contributed by atoms with Crippen molar-refractivity contribution in [3.05, 3.63) is 47.6 Å². The van der Waals surface area contributed by atoms with Crippen molar-refractivity contribution < 1.29 is 14.7 Å². The van der Waals surface area contributed by atoms with Crippen LogP contribution in [0, 0.1) is 11.8 Å². The summed E-state index contributed by atoms with van der Waals surface area (Å²) in [5.41, 5.74) is 2.12. The smallest absolute Gasteiger partial charge is 0.138 e. The van der Waals surface area contributed by atoms with Gasteiger partial charge in [0, 0.05) is 18.8 Å². The van der Waals surface area contributed by atoms with Crippen molar-refractivity contribution in [2.24, 2.45) is 11.8 Å². The van der Waals surface area contributed by atoms with E-state index >= 15 is 0 Å². The molecule has 3 nitrogen and oxygen atoms in total. The highest BCUT2D eigenvalue weighted by Gasteiger charge is 2.20. The third-order valence-electron chi connectivity index (χ3n) is 4.76. The molecule has 0 aromatic rings. The molecule has 0 aliphatic heterocycles. The summed E-state index contributed by atoms with van der Waals surface area (Å²) in [5.74, 6) is 0.321. The van der Waals surface area contributed by atoms with Gasteiger partial charge in [-0.3, -0.25) is 9.59 Å². The Morgan fingerprint density at radius 3 is 2.22 bits per heavy atom. The molecule has 3 heteroatoms. The lowest BCUT2D eigenvalue weighted by Crippen LogP contribution is -2.22. The molecule has 0 aliphatic carbocycles. The van der Waals surface area contributed by atoms with E-state index in [9.17, 15) is 14.7 Å². The normalized spacial score (nSPS) is 16.7. The Hall–Kier alpha value is -1.74. The van der Waals surface area contributed by atoms with Gasteiger partial charge >= 0.3 is 0 Å². The van der Waals surface area contributed by atoms with E-state index in [1.807, 2.05) is 32.1 Å². The second-order valence-corrected chi connectivity index (χ2v) is 7.48. The van der Waals surface area contributed by atoms with E-state index in [1.54, 1.807) is 6.08 Å². The Kier molecular flexibility index (Phi) is 13.4. The van der Waals surface area contributed by atoms with Crippen molar-refractivity contribution in [1.82, 2.24) is 0 Å². The predicted octanol–water partition coefficient (Wildman–Crippen LogP) is 5.75. The zero-order valence-corrected chi connectivity index (χ0v) is 18.0. The van der Waals surface area contributed by atoms with Gasteiger partial charge in [-0.25, -0.2) is 0 Å². The van der Waals surface area contributed by atoms with Crippen molar-refractivity contribution in [2.75, 3.05) is 0 Å². The zero-order chi connectivity index (χ0) is 20.8. The van der Waals surface area contributed by atoms with Gasteiger partial charge in [0.05, 0.1) is 6.10 Å². The summed E-state index contributed by atoms with van der Waals surface area (Å²) in [5, 5.41) is 10.3. The van der Waals surface area contributed by atoms with E-state index in [1.165, 1.54) is 12.5 Å². The van der Waals surface area contributed by atoms with Gasteiger partial charge in [-0.2, -0.15) is 0 Å². The molecule has 0 rings (SSSR count). The van der Waals surface area contributed by atoms with Gasteiger partial charge in [0.25, 0.3) is 0 Å². The number of carbonyl (C=O) groups excluding carboxylic acids is 2. The Bertz CT molecular complexity index is 578. The van der Waals surface area contributed by atoms with Crippen LogP contribution in [-0.2, 0) is 9.59 Å². The highest BCUT2D eigenvalue weighted by Crippen LogP contribution is 2.19. The number of aliphatic hydroxyl groups excluding tert-OH is 1. The van der Waals surface area contributed by atoms with Gasteiger partial charge in [-0.05, 0) is 44.6 Å². The Morgan fingerprint density at radius 1 is 1.00 bits per heavy atom. The molecule has 0 bridgehead atoms. The summed E-state index contributed by atoms with van der Waals surface area (Å²) in [6.45, 7) is 11.7. The largest absolute Gasteiger partial charge is 0.388 e. The molecular weight excluding hydrogens is 336 g/mol. The number of aliphatic hydroxyl groups is 1. The molecule has 0 aromatic carbocycles. The van der Waals surface area contributed by atoms with E-state index < -0.39 is 6.10 Å². The summed E-state index contributed by atoms with van der Waals surface area (Å²) in [4.78, 5) is 23.5. The summed E-state index contributed by atoms with van der Waals surface area (Å²) in [7, 11) is 0. The average Bonchev–Trinajstić information content (AvgIpc) is 2.61. The summed E-state index contributed by atoms with van der Waals surface area (Å²) >= 11 is 0. The Balaban J connectivity index is 4.55. The summed E-state index contributed by atoms with van der Waals surface area (Å²) < 4.78 is 0. The van der Waals surface area contributed by atoms with E-state index in [4.69, 9.17) is 0 Å². The molecule has 27 heavy (non-hydrogen) atoms. The average molecular weight is 375 g/mol. The second kappa shape index (κ2) is 14.3. The van der Waals surface area contributed by atoms with Crippen molar-refractivity contribution in [2.45, 2.75) is 79.8 Å². The fourth-order valence-electron chi connectivity index (χ4n) is 2.74. The number of allylic oxidation sites excluding steroid dienone is 7. The van der Waals surface area contributed by atoms with E-state index in [-0.39, 0.29) is 23.9 Å². The van der Waals surface area contributed by atoms with E-state index in [0.717, 1.165) is 18.4 Å². The van der Waals surface area contributed by atoms with Crippen LogP contribution in [0.2, 0.25) is 0 Å². The maximum atomic E-state index is 12.4. The summed E-state index contributed by atoms with van der Waals surface area (Å²) in [6, 6.07) is 0.